The average molecular weight is 500 g/mol. The molecule has 0 radical (unpaired) electrons. The summed E-state index contributed by atoms with van der Waals surface area (Å²) in [6.07, 6.45) is 13.7. The van der Waals surface area contributed by atoms with Crippen LogP contribution in [0, 0.1) is 0 Å². The van der Waals surface area contributed by atoms with E-state index in [4.69, 9.17) is 20.3 Å². The number of aliphatic carboxylic acids is 1. The van der Waals surface area contributed by atoms with Crippen molar-refractivity contribution in [3.05, 3.63) is 0 Å². The van der Waals surface area contributed by atoms with Crippen molar-refractivity contribution in [2.24, 2.45) is 5.73 Å². The number of aliphatic hydroxyl groups is 1. The van der Waals surface area contributed by atoms with Crippen LogP contribution in [0.1, 0.15) is 84.0 Å². The summed E-state index contributed by atoms with van der Waals surface area (Å²) in [6, 6.07) is -1.45. The molecule has 0 aliphatic carbocycles. The predicted octanol–water partition coefficient (Wildman–Crippen LogP) is 3.63. The van der Waals surface area contributed by atoms with E-state index in [0.717, 1.165) is 19.3 Å². The average Bonchev–Trinajstić information content (AvgIpc) is 2.78. The first kappa shape index (κ1) is 32.4. The second kappa shape index (κ2) is 20.8. The van der Waals surface area contributed by atoms with E-state index in [-0.39, 0.29) is 12.7 Å². The van der Waals surface area contributed by atoms with E-state index in [9.17, 15) is 19.4 Å². The van der Waals surface area contributed by atoms with E-state index in [2.05, 4.69) is 16.0 Å². The number of methoxy groups -OCH3 is 1. The zero-order valence-electron chi connectivity index (χ0n) is 20.4. The van der Waals surface area contributed by atoms with E-state index in [1.165, 1.54) is 57.8 Å². The fourth-order valence-corrected chi connectivity index (χ4v) is 3.94. The normalized spacial score (nSPS) is 16.3. The summed E-state index contributed by atoms with van der Waals surface area (Å²) in [7, 11) is -2.90. The molecule has 0 saturated heterocycles. The highest BCUT2D eigenvalue weighted by Crippen LogP contribution is 2.43. The molecule has 0 aromatic heterocycles. The third-order valence-electron chi connectivity index (χ3n) is 5.24. The number of phosphoric acid groups is 1. The van der Waals surface area contributed by atoms with Crippen LogP contribution >= 0.6 is 7.82 Å². The van der Waals surface area contributed by atoms with Crippen LogP contribution in [0.5, 0.6) is 0 Å². The molecule has 0 saturated carbocycles. The van der Waals surface area contributed by atoms with Crippen LogP contribution in [0.15, 0.2) is 0 Å². The molecule has 0 amide bonds. The predicted molar refractivity (Wildman–Crippen MR) is 126 cm³/mol. The van der Waals surface area contributed by atoms with Crippen molar-refractivity contribution in [3.63, 3.8) is 0 Å². The smallest absolute Gasteiger partial charge is 0.472 e. The van der Waals surface area contributed by atoms with Gasteiger partial charge in [0.1, 0.15) is 12.1 Å². The second-order valence-electron chi connectivity index (χ2n) is 8.38. The maximum atomic E-state index is 11.6. The van der Waals surface area contributed by atoms with Gasteiger partial charge in [-0.05, 0) is 6.42 Å². The van der Waals surface area contributed by atoms with Crippen LogP contribution in [-0.4, -0.2) is 72.9 Å². The van der Waals surface area contributed by atoms with Crippen LogP contribution in [0.4, 0.5) is 0 Å². The van der Waals surface area contributed by atoms with Gasteiger partial charge in [-0.2, -0.15) is 0 Å². The van der Waals surface area contributed by atoms with Crippen molar-refractivity contribution in [1.29, 1.82) is 0 Å². The van der Waals surface area contributed by atoms with Gasteiger partial charge in [-0.25, -0.2) is 4.57 Å². The van der Waals surface area contributed by atoms with Crippen molar-refractivity contribution in [1.82, 2.24) is 0 Å². The lowest BCUT2D eigenvalue weighted by molar-refractivity contribution is -0.139. The first-order valence-corrected chi connectivity index (χ1v) is 13.6. The Morgan fingerprint density at radius 2 is 1.39 bits per heavy atom. The number of carboxylic acid groups (broad SMARTS) is 1. The van der Waals surface area contributed by atoms with Crippen molar-refractivity contribution in [2.75, 3.05) is 33.5 Å². The summed E-state index contributed by atoms with van der Waals surface area (Å²) < 4.78 is 31.6. The van der Waals surface area contributed by atoms with Gasteiger partial charge >= 0.3 is 13.8 Å². The van der Waals surface area contributed by atoms with E-state index >= 15 is 0 Å². The Balaban J connectivity index is 3.75. The highest BCUT2D eigenvalue weighted by molar-refractivity contribution is 7.47. The zero-order chi connectivity index (χ0) is 25.0. The molecule has 10 nitrogen and oxygen atoms in total. The minimum Gasteiger partial charge on any atom is -0.480 e. The highest BCUT2D eigenvalue weighted by Gasteiger charge is 2.25. The van der Waals surface area contributed by atoms with Gasteiger partial charge in [0.25, 0.3) is 0 Å². The number of phosphoric ester groups is 1. The van der Waals surface area contributed by atoms with E-state index in [1.807, 2.05) is 0 Å². The number of ether oxygens (including phenoxy) is 2. The molecule has 0 aromatic rings. The standard InChI is InChI=1S/C22H46NO9P/c1-3-4-5-6-7-8-9-10-11-12-13-14-20(29-2)17-30-15-19(24)16-31-33(27,28)32-18-21(23)22(25)26/h19-21,24H,3-18,23H2,1-2H3,(H,25,26)(H,27,28)/t19-,20?,21+/m1/s1. The lowest BCUT2D eigenvalue weighted by atomic mass is 10.0. The first-order valence-electron chi connectivity index (χ1n) is 12.1. The maximum Gasteiger partial charge on any atom is 0.472 e. The Hall–Kier alpha value is -0.580. The van der Waals surface area contributed by atoms with E-state index in [0.29, 0.717) is 6.61 Å². The molecule has 33 heavy (non-hydrogen) atoms. The quantitative estimate of drug-likeness (QED) is 0.114. The van der Waals surface area contributed by atoms with Crippen molar-refractivity contribution < 1.29 is 43.0 Å². The molecule has 0 fully saturated rings. The topological polar surface area (TPSA) is 158 Å². The molecule has 0 spiro atoms. The van der Waals surface area contributed by atoms with Crippen molar-refractivity contribution in [2.45, 2.75) is 102 Å². The molecule has 0 aliphatic rings. The molecule has 5 N–H and O–H groups in total. The molecule has 0 bridgehead atoms. The number of nitrogens with two attached hydrogens (primary N) is 1. The van der Waals surface area contributed by atoms with Gasteiger partial charge in [-0.15, -0.1) is 0 Å². The van der Waals surface area contributed by atoms with Gasteiger partial charge in [0.2, 0.25) is 0 Å². The third-order valence-corrected chi connectivity index (χ3v) is 6.19. The van der Waals surface area contributed by atoms with Crippen molar-refractivity contribution in [3.8, 4) is 0 Å². The SMILES string of the molecule is CCCCCCCCCCCCCC(COC[C@@H](O)COP(=O)(O)OC[C@H](N)C(=O)O)OC. The van der Waals surface area contributed by atoms with Gasteiger partial charge in [0.15, 0.2) is 0 Å². The fourth-order valence-electron chi connectivity index (χ4n) is 3.15. The Morgan fingerprint density at radius 1 is 0.879 bits per heavy atom. The zero-order valence-corrected chi connectivity index (χ0v) is 21.3. The Morgan fingerprint density at radius 3 is 1.91 bits per heavy atom. The Labute approximate surface area is 198 Å². The molecule has 198 valence electrons. The largest absolute Gasteiger partial charge is 0.480 e. The van der Waals surface area contributed by atoms with Crippen LogP contribution in [-0.2, 0) is 27.9 Å². The number of carboxylic acids is 1. The molecule has 4 atom stereocenters. The summed E-state index contributed by atoms with van der Waals surface area (Å²) in [5.41, 5.74) is 5.18. The summed E-state index contributed by atoms with van der Waals surface area (Å²) in [5.74, 6) is -1.37. The first-order chi connectivity index (χ1) is 15.7. The second-order valence-corrected chi connectivity index (χ2v) is 9.83. The maximum absolute atomic E-state index is 11.6. The number of unbranched alkanes of at least 4 members (excludes halogenated alkanes) is 10. The minimum absolute atomic E-state index is 0.0820. The summed E-state index contributed by atoms with van der Waals surface area (Å²) in [4.78, 5) is 20.0. The Bertz CT molecular complexity index is 524. The Kier molecular flexibility index (Phi) is 20.4. The summed E-state index contributed by atoms with van der Waals surface area (Å²) in [6.45, 7) is 1.23. The highest BCUT2D eigenvalue weighted by atomic mass is 31.2. The monoisotopic (exact) mass is 499 g/mol. The molecular formula is C22H46NO9P. The fraction of sp³-hybridized carbons (Fsp3) is 0.955. The molecule has 11 heteroatoms. The van der Waals surface area contributed by atoms with Gasteiger partial charge in [-0.3, -0.25) is 13.8 Å². The summed E-state index contributed by atoms with van der Waals surface area (Å²) in [5, 5.41) is 18.5. The summed E-state index contributed by atoms with van der Waals surface area (Å²) >= 11 is 0. The van der Waals surface area contributed by atoms with Crippen molar-refractivity contribution >= 4 is 13.8 Å². The molecule has 0 heterocycles. The number of rotatable bonds is 24. The van der Waals surface area contributed by atoms with Gasteiger partial charge < -0.3 is 30.3 Å². The van der Waals surface area contributed by atoms with Crippen LogP contribution in [0.3, 0.4) is 0 Å². The lowest BCUT2D eigenvalue weighted by Crippen LogP contribution is -2.34. The molecule has 0 aliphatic heterocycles. The lowest BCUT2D eigenvalue weighted by Gasteiger charge is -2.18. The van der Waals surface area contributed by atoms with E-state index in [1.54, 1.807) is 7.11 Å². The van der Waals surface area contributed by atoms with Crippen LogP contribution in [0.25, 0.3) is 0 Å². The van der Waals surface area contributed by atoms with Gasteiger partial charge in [0, 0.05) is 7.11 Å². The minimum atomic E-state index is -4.52. The number of hydrogen-bond donors (Lipinski definition) is 4. The third kappa shape index (κ3) is 20.5. The molecule has 2 unspecified atom stereocenters. The van der Waals surface area contributed by atoms with Gasteiger partial charge in [0.05, 0.1) is 32.5 Å². The van der Waals surface area contributed by atoms with Gasteiger partial charge in [-0.1, -0.05) is 77.6 Å². The van der Waals surface area contributed by atoms with Crippen LogP contribution < -0.4 is 5.73 Å². The van der Waals surface area contributed by atoms with Crippen LogP contribution in [0.2, 0.25) is 0 Å². The number of aliphatic hydroxyl groups excluding tert-OH is 1. The van der Waals surface area contributed by atoms with E-state index < -0.39 is 39.2 Å². The number of carbonyl (C=O) groups is 1. The molecular weight excluding hydrogens is 453 g/mol. The molecule has 0 rings (SSSR count). The number of hydrogen-bond acceptors (Lipinski definition) is 8. The molecule has 0 aromatic carbocycles.